The predicted molar refractivity (Wildman–Crippen MR) is 126 cm³/mol. The van der Waals surface area contributed by atoms with Crippen LogP contribution in [-0.2, 0) is 10.2 Å². The Kier molecular flexibility index (Phi) is 6.18. The zero-order chi connectivity index (χ0) is 24.5. The maximum atomic E-state index is 15.0. The van der Waals surface area contributed by atoms with Crippen molar-refractivity contribution in [1.82, 2.24) is 19.9 Å². The molecule has 0 radical (unpaired) electrons. The molecule has 1 atom stereocenters. The summed E-state index contributed by atoms with van der Waals surface area (Å²) in [6.07, 6.45) is 4.40. The number of rotatable bonds is 7. The van der Waals surface area contributed by atoms with Gasteiger partial charge >= 0.3 is 5.97 Å². The molecule has 10 heteroatoms. The highest BCUT2D eigenvalue weighted by Gasteiger charge is 2.35. The van der Waals surface area contributed by atoms with Gasteiger partial charge in [-0.3, -0.25) is 9.78 Å². The van der Waals surface area contributed by atoms with Crippen molar-refractivity contribution in [3.8, 4) is 17.3 Å². The monoisotopic (exact) mass is 478 g/mol. The van der Waals surface area contributed by atoms with Gasteiger partial charge in [-0.1, -0.05) is 31.5 Å². The fraction of sp³-hybridized carbons (Fsp3) is 0.208. The number of anilines is 1. The Bertz CT molecular complexity index is 1410. The fourth-order valence-electron chi connectivity index (χ4n) is 3.80. The molecule has 0 saturated heterocycles. The number of aromatic amines is 1. The smallest absolute Gasteiger partial charge is 0.305 e. The normalized spacial score (nSPS) is 12.3. The Morgan fingerprint density at radius 2 is 2.15 bits per heavy atom. The summed E-state index contributed by atoms with van der Waals surface area (Å²) in [5.41, 5.74) is 1.13. The van der Waals surface area contributed by atoms with Crippen LogP contribution < -0.4 is 5.32 Å². The van der Waals surface area contributed by atoms with Gasteiger partial charge in [0.2, 0.25) is 0 Å². The second-order valence-corrected chi connectivity index (χ2v) is 8.75. The van der Waals surface area contributed by atoms with Crippen molar-refractivity contribution in [2.75, 3.05) is 5.32 Å². The zero-order valence-corrected chi connectivity index (χ0v) is 19.1. The lowest BCUT2D eigenvalue weighted by Gasteiger charge is -2.34. The van der Waals surface area contributed by atoms with Gasteiger partial charge in [0, 0.05) is 46.7 Å². The summed E-state index contributed by atoms with van der Waals surface area (Å²) in [5.74, 6) is -2.01. The van der Waals surface area contributed by atoms with Crippen molar-refractivity contribution in [2.24, 2.45) is 0 Å². The summed E-state index contributed by atoms with van der Waals surface area (Å²) in [4.78, 5) is 27.6. The van der Waals surface area contributed by atoms with Crippen molar-refractivity contribution in [3.63, 3.8) is 0 Å². The molecule has 0 aliphatic heterocycles. The van der Waals surface area contributed by atoms with Crippen LogP contribution in [0.4, 0.5) is 10.2 Å². The van der Waals surface area contributed by atoms with E-state index in [0.717, 1.165) is 6.07 Å². The largest absolute Gasteiger partial charge is 0.481 e. The van der Waals surface area contributed by atoms with E-state index >= 15 is 4.39 Å². The number of halogens is 2. The molecule has 4 aromatic heterocycles. The third kappa shape index (κ3) is 4.40. The average Bonchev–Trinajstić information content (AvgIpc) is 3.22. The standard InChI is InChI=1S/C24H20ClFN6O2/c1-24(2,18-5-3-4-6-28-18)19(9-20(33)34)31-23-17(26)7-13(10-27)21(32-23)16-12-30-22-15(16)8-14(25)11-29-22/h3-8,11-12,19H,9H2,1-2H3,(H,29,30)(H,31,32)(H,33,34). The van der Waals surface area contributed by atoms with Gasteiger partial charge in [-0.05, 0) is 24.3 Å². The maximum Gasteiger partial charge on any atom is 0.305 e. The molecule has 1 unspecified atom stereocenters. The van der Waals surface area contributed by atoms with Crippen LogP contribution in [0.25, 0.3) is 22.3 Å². The van der Waals surface area contributed by atoms with Gasteiger partial charge in [0.1, 0.15) is 11.7 Å². The molecule has 0 bridgehead atoms. The van der Waals surface area contributed by atoms with Crippen LogP contribution >= 0.6 is 11.6 Å². The molecule has 4 heterocycles. The first-order valence-corrected chi connectivity index (χ1v) is 10.7. The minimum absolute atomic E-state index is 0.0164. The summed E-state index contributed by atoms with van der Waals surface area (Å²) in [5, 5.41) is 23.1. The number of carbonyl (C=O) groups is 1. The Hall–Kier alpha value is -4.03. The van der Waals surface area contributed by atoms with E-state index < -0.39 is 23.2 Å². The Morgan fingerprint density at radius 3 is 2.82 bits per heavy atom. The van der Waals surface area contributed by atoms with Crippen molar-refractivity contribution >= 4 is 34.4 Å². The highest BCUT2D eigenvalue weighted by Crippen LogP contribution is 2.34. The number of carboxylic acid groups (broad SMARTS) is 1. The number of H-pyrrole nitrogens is 1. The first-order valence-electron chi connectivity index (χ1n) is 10.3. The summed E-state index contributed by atoms with van der Waals surface area (Å²) >= 11 is 6.10. The number of aromatic nitrogens is 4. The van der Waals surface area contributed by atoms with Crippen LogP contribution in [0.3, 0.4) is 0 Å². The number of nitrogens with one attached hydrogen (secondary N) is 2. The van der Waals surface area contributed by atoms with E-state index in [1.807, 2.05) is 19.9 Å². The molecule has 4 rings (SSSR count). The molecule has 0 aliphatic rings. The van der Waals surface area contributed by atoms with Gasteiger partial charge in [0.25, 0.3) is 0 Å². The van der Waals surface area contributed by atoms with Gasteiger partial charge in [-0.15, -0.1) is 0 Å². The lowest BCUT2D eigenvalue weighted by Crippen LogP contribution is -2.42. The van der Waals surface area contributed by atoms with Gasteiger partial charge in [0.15, 0.2) is 11.6 Å². The number of nitrogens with zero attached hydrogens (tertiary/aromatic N) is 4. The highest BCUT2D eigenvalue weighted by atomic mass is 35.5. The number of carboxylic acids is 1. The van der Waals surface area contributed by atoms with Crippen LogP contribution in [0.15, 0.2) is 48.9 Å². The molecule has 0 aromatic carbocycles. The molecule has 0 spiro atoms. The lowest BCUT2D eigenvalue weighted by molar-refractivity contribution is -0.137. The van der Waals surface area contributed by atoms with Crippen molar-refractivity contribution in [3.05, 3.63) is 71.0 Å². The van der Waals surface area contributed by atoms with Gasteiger partial charge in [0.05, 0.1) is 22.7 Å². The molecule has 0 aliphatic carbocycles. The Morgan fingerprint density at radius 1 is 1.35 bits per heavy atom. The third-order valence-corrected chi connectivity index (χ3v) is 5.94. The summed E-state index contributed by atoms with van der Waals surface area (Å²) < 4.78 is 15.0. The number of hydrogen-bond acceptors (Lipinski definition) is 6. The van der Waals surface area contributed by atoms with E-state index in [4.69, 9.17) is 11.6 Å². The molecular weight excluding hydrogens is 459 g/mol. The SMILES string of the molecule is CC(C)(c1ccccn1)C(CC(=O)O)Nc1nc(-c2c[nH]c3ncc(Cl)cc23)c(C#N)cc1F. The van der Waals surface area contributed by atoms with E-state index in [9.17, 15) is 15.2 Å². The maximum absolute atomic E-state index is 15.0. The Balaban J connectivity index is 1.81. The molecule has 172 valence electrons. The second kappa shape index (κ2) is 9.08. The molecular formula is C24H20ClFN6O2. The van der Waals surface area contributed by atoms with Crippen LogP contribution in [0, 0.1) is 17.1 Å². The van der Waals surface area contributed by atoms with E-state index in [2.05, 4.69) is 25.3 Å². The van der Waals surface area contributed by atoms with Crippen molar-refractivity contribution in [2.45, 2.75) is 31.7 Å². The summed E-state index contributed by atoms with van der Waals surface area (Å²) in [7, 11) is 0. The quantitative estimate of drug-likeness (QED) is 0.344. The van der Waals surface area contributed by atoms with E-state index in [1.54, 1.807) is 36.7 Å². The molecule has 34 heavy (non-hydrogen) atoms. The third-order valence-electron chi connectivity index (χ3n) is 5.74. The molecule has 0 fully saturated rings. The number of nitriles is 1. The first-order chi connectivity index (χ1) is 16.2. The molecule has 0 amide bonds. The summed E-state index contributed by atoms with van der Waals surface area (Å²) in [6, 6.07) is 9.31. The molecule has 3 N–H and O–H groups in total. The van der Waals surface area contributed by atoms with E-state index in [1.165, 1.54) is 6.20 Å². The van der Waals surface area contributed by atoms with Gasteiger partial charge < -0.3 is 15.4 Å². The Labute approximate surface area is 199 Å². The predicted octanol–water partition coefficient (Wildman–Crippen LogP) is 4.92. The zero-order valence-electron chi connectivity index (χ0n) is 18.3. The minimum atomic E-state index is -1.06. The molecule has 8 nitrogen and oxygen atoms in total. The topological polar surface area (TPSA) is 128 Å². The second-order valence-electron chi connectivity index (χ2n) is 8.31. The average molecular weight is 479 g/mol. The van der Waals surface area contributed by atoms with Crippen LogP contribution in [-0.4, -0.2) is 37.1 Å². The van der Waals surface area contributed by atoms with E-state index in [-0.39, 0.29) is 23.5 Å². The molecule has 0 saturated carbocycles. The summed E-state index contributed by atoms with van der Waals surface area (Å²) in [6.45, 7) is 3.65. The lowest BCUT2D eigenvalue weighted by atomic mass is 9.79. The molecule has 4 aromatic rings. The van der Waals surface area contributed by atoms with Crippen LogP contribution in [0.2, 0.25) is 5.02 Å². The number of pyridine rings is 3. The van der Waals surface area contributed by atoms with Crippen LogP contribution in [0.5, 0.6) is 0 Å². The van der Waals surface area contributed by atoms with Gasteiger partial charge in [-0.2, -0.15) is 5.26 Å². The number of fused-ring (bicyclic) bond motifs is 1. The number of hydrogen-bond donors (Lipinski definition) is 3. The van der Waals surface area contributed by atoms with Crippen molar-refractivity contribution < 1.29 is 14.3 Å². The van der Waals surface area contributed by atoms with Crippen LogP contribution in [0.1, 0.15) is 31.5 Å². The minimum Gasteiger partial charge on any atom is -0.481 e. The fourth-order valence-corrected chi connectivity index (χ4v) is 3.96. The highest BCUT2D eigenvalue weighted by molar-refractivity contribution is 6.31. The van der Waals surface area contributed by atoms with E-state index in [0.29, 0.717) is 27.3 Å². The van der Waals surface area contributed by atoms with Gasteiger partial charge in [-0.25, -0.2) is 14.4 Å². The van der Waals surface area contributed by atoms with Crippen molar-refractivity contribution in [1.29, 1.82) is 5.26 Å². The first kappa shape index (κ1) is 23.1. The number of aliphatic carboxylic acids is 1.